The summed E-state index contributed by atoms with van der Waals surface area (Å²) in [5, 5.41) is 19.1. The molecular formula is C65H77ClF2N10O7S3. The van der Waals surface area contributed by atoms with Crippen molar-refractivity contribution >= 4 is 105 Å². The lowest BCUT2D eigenvalue weighted by molar-refractivity contribution is -0.138. The highest BCUT2D eigenvalue weighted by atomic mass is 35.5. The van der Waals surface area contributed by atoms with Crippen molar-refractivity contribution in [1.82, 2.24) is 49.9 Å². The first-order valence-corrected chi connectivity index (χ1v) is 29.5. The van der Waals surface area contributed by atoms with E-state index in [0.29, 0.717) is 59.7 Å². The highest BCUT2D eigenvalue weighted by Gasteiger charge is 2.40. The molecule has 4 aromatic carbocycles. The second kappa shape index (κ2) is 35.9. The number of aliphatic carboxylic acids is 1. The number of carboxylic acids is 1. The molecule has 0 radical (unpaired) electrons. The first-order chi connectivity index (χ1) is 41.0. The van der Waals surface area contributed by atoms with Gasteiger partial charge in [0.05, 0.1) is 12.6 Å². The van der Waals surface area contributed by atoms with E-state index >= 15 is 0 Å². The molecule has 2 fully saturated rings. The zero-order valence-corrected chi connectivity index (χ0v) is 52.4. The Morgan fingerprint density at radius 1 is 0.614 bits per heavy atom. The normalized spacial score (nSPS) is 15.5. The highest BCUT2D eigenvalue weighted by Crippen LogP contribution is 2.31. The number of carbonyl (C=O) groups is 6. The molecule has 23 heteroatoms. The van der Waals surface area contributed by atoms with Crippen LogP contribution in [0, 0.1) is 13.8 Å². The maximum absolute atomic E-state index is 14.5. The average Bonchev–Trinajstić information content (AvgIpc) is 3.05. The van der Waals surface area contributed by atoms with Crippen molar-refractivity contribution in [3.8, 4) is 22.3 Å². The van der Waals surface area contributed by atoms with Crippen LogP contribution in [0.25, 0.3) is 44.1 Å². The van der Waals surface area contributed by atoms with Crippen LogP contribution >= 0.6 is 25.9 Å². The molecule has 0 saturated carbocycles. The maximum atomic E-state index is 14.5. The number of alkyl halides is 2. The number of halogens is 3. The van der Waals surface area contributed by atoms with E-state index in [4.69, 9.17) is 5.11 Å². The monoisotopic (exact) mass is 1280 g/mol. The first kappa shape index (κ1) is 72.7. The lowest BCUT2D eigenvalue weighted by Gasteiger charge is -2.24. The third-order valence-electron chi connectivity index (χ3n) is 14.7. The number of amides is 3. The van der Waals surface area contributed by atoms with Crippen molar-refractivity contribution in [1.29, 1.82) is 0 Å². The predicted molar refractivity (Wildman–Crippen MR) is 353 cm³/mol. The van der Waals surface area contributed by atoms with Gasteiger partial charge in [-0.25, -0.2) is 28.7 Å². The van der Waals surface area contributed by atoms with Crippen molar-refractivity contribution in [3.05, 3.63) is 168 Å². The van der Waals surface area contributed by atoms with E-state index in [1.165, 1.54) is 29.9 Å². The SMILES string of the molecule is C.CC(=O)c1cn(CC(=O)N2C[C@H](F)C[C@H]2C(=O)NCCCCc2ccccc2)c2ccc(-c3cnc(C)nc3)cc12.CC(=O)c1cn(CC(=O)O)c2ccc(-c3cnc(C)nc3)cc12.Cl.O=C(NCCCCc1ccccc1)[C@@H]1C[C@@H](F)CN1.S.S=S. The van der Waals surface area contributed by atoms with E-state index in [9.17, 15) is 37.5 Å². The molecule has 2 saturated heterocycles. The minimum absolute atomic E-state index is 0. The molecule has 10 rings (SSSR count). The van der Waals surface area contributed by atoms with Crippen LogP contribution in [0.15, 0.2) is 134 Å². The summed E-state index contributed by atoms with van der Waals surface area (Å²) in [5.41, 5.74) is 8.38. The fourth-order valence-corrected chi connectivity index (χ4v) is 10.3. The van der Waals surface area contributed by atoms with Gasteiger partial charge in [-0.05, 0) is 113 Å². The number of hydrogen-bond acceptors (Lipinski definition) is 13. The van der Waals surface area contributed by atoms with Crippen molar-refractivity contribution < 1.29 is 42.7 Å². The molecule has 4 atom stereocenters. The molecule has 4 aromatic heterocycles. The fraction of sp³-hybridized carbons (Fsp3) is 0.354. The molecule has 2 aliphatic heterocycles. The van der Waals surface area contributed by atoms with E-state index in [1.54, 1.807) is 46.3 Å². The number of benzene rings is 4. The molecule has 0 bridgehead atoms. The van der Waals surface area contributed by atoms with E-state index in [-0.39, 0.29) is 94.7 Å². The Labute approximate surface area is 535 Å². The second-order valence-electron chi connectivity index (χ2n) is 21.0. The fourth-order valence-electron chi connectivity index (χ4n) is 10.3. The summed E-state index contributed by atoms with van der Waals surface area (Å²) in [6, 6.07) is 30.5. The standard InChI is InChI=1S/C32H34FN5O3.C17H15N3O3.C15H21FN2O.CH4.ClH.S2.H2S/c1-21(39)28-19-37(29-12-11-24(14-27(28)29)25-16-35-22(2)36-17-25)20-31(40)38-18-26(33)15-30(38)32(41)34-13-7-6-10-23-8-4-3-5-9-23;1-10(21)15-8-20(9-17(22)23)16-4-3-12(5-14(15)16)13-6-18-11(2)19-7-13;16-13-10-14(18-11-13)15(19)17-9-5-4-8-12-6-2-1-3-7-12;;;1-2;/h3-5,8-9,11-12,14,16-17,19,26,30H,6-7,10,13,15,18,20H2,1-2H3,(H,34,41);3-8H,9H2,1-2H3,(H,22,23);1-3,6-7,13-14,18H,4-5,8-11H2,(H,17,19);1H4;1H;;1H2/t26-,30+;;13-,14+;;;;/m1.1..../s1. The van der Waals surface area contributed by atoms with E-state index in [1.807, 2.05) is 86.6 Å². The van der Waals surface area contributed by atoms with Crippen LogP contribution < -0.4 is 16.0 Å². The molecule has 8 aromatic rings. The van der Waals surface area contributed by atoms with Crippen molar-refractivity contribution in [3.63, 3.8) is 0 Å². The first-order valence-electron chi connectivity index (χ1n) is 28.2. The highest BCUT2D eigenvalue weighted by molar-refractivity contribution is 8.07. The summed E-state index contributed by atoms with van der Waals surface area (Å²) < 4.78 is 30.7. The average molecular weight is 1280 g/mol. The van der Waals surface area contributed by atoms with Crippen LogP contribution in [0.1, 0.15) is 103 Å². The maximum Gasteiger partial charge on any atom is 0.323 e. The summed E-state index contributed by atoms with van der Waals surface area (Å²) in [7, 11) is 0. The van der Waals surface area contributed by atoms with Crippen LogP contribution in [-0.2, 0) is 67.5 Å². The Bertz CT molecular complexity index is 3580. The number of nitrogens with one attached hydrogen (secondary N) is 3. The molecule has 3 amide bonds. The summed E-state index contributed by atoms with van der Waals surface area (Å²) in [6.07, 6.45) is 14.0. The van der Waals surface area contributed by atoms with Crippen LogP contribution in [-0.4, -0.2) is 125 Å². The van der Waals surface area contributed by atoms with Crippen LogP contribution in [0.4, 0.5) is 8.78 Å². The number of hydrogen-bond donors (Lipinski definition) is 4. The van der Waals surface area contributed by atoms with Crippen LogP contribution in [0.2, 0.25) is 0 Å². The van der Waals surface area contributed by atoms with Crippen molar-refractivity contribution in [2.75, 3.05) is 26.2 Å². The summed E-state index contributed by atoms with van der Waals surface area (Å²) in [6.45, 7) is 7.60. The number of Topliss-reactive ketones (excluding diaryl/α,β-unsaturated/α-hetero) is 2. The third kappa shape index (κ3) is 20.4. The van der Waals surface area contributed by atoms with Crippen LogP contribution in [0.5, 0.6) is 0 Å². The molecule has 6 heterocycles. The molecular weight excluding hydrogens is 1200 g/mol. The number of ketones is 2. The number of carboxylic acid groups (broad SMARTS) is 1. The Hall–Kier alpha value is -7.76. The van der Waals surface area contributed by atoms with E-state index in [2.05, 4.69) is 82.5 Å². The van der Waals surface area contributed by atoms with Crippen molar-refractivity contribution in [2.24, 2.45) is 0 Å². The molecule has 88 heavy (non-hydrogen) atoms. The smallest absolute Gasteiger partial charge is 0.323 e. The number of nitrogens with zero attached hydrogens (tertiary/aromatic N) is 7. The molecule has 0 unspecified atom stereocenters. The number of fused-ring (bicyclic) bond motifs is 2. The van der Waals surface area contributed by atoms with Crippen molar-refractivity contribution in [2.45, 2.75) is 124 Å². The Kier molecular flexibility index (Phi) is 29.7. The Morgan fingerprint density at radius 2 is 1.06 bits per heavy atom. The number of aryl methyl sites for hydroxylation is 4. The molecule has 468 valence electrons. The van der Waals surface area contributed by atoms with Crippen LogP contribution in [0.3, 0.4) is 0 Å². The Morgan fingerprint density at radius 3 is 1.48 bits per heavy atom. The van der Waals surface area contributed by atoms with Gasteiger partial charge in [0.2, 0.25) is 17.7 Å². The van der Waals surface area contributed by atoms with Gasteiger partial charge < -0.3 is 35.1 Å². The second-order valence-corrected chi connectivity index (χ2v) is 21.0. The zero-order valence-electron chi connectivity index (χ0n) is 48.9. The van der Waals surface area contributed by atoms with Gasteiger partial charge in [0.15, 0.2) is 11.6 Å². The number of likely N-dealkylation sites (tertiary alicyclic amines) is 1. The lowest BCUT2D eigenvalue weighted by Crippen LogP contribution is -2.47. The molecule has 0 spiro atoms. The van der Waals surface area contributed by atoms with Gasteiger partial charge in [-0.3, -0.25) is 28.8 Å². The number of carbonyl (C=O) groups excluding carboxylic acids is 5. The Balaban J connectivity index is 0.000000299. The summed E-state index contributed by atoms with van der Waals surface area (Å²) in [4.78, 5) is 91.6. The van der Waals surface area contributed by atoms with Gasteiger partial charge in [0.25, 0.3) is 0 Å². The van der Waals surface area contributed by atoms with Gasteiger partial charge in [0, 0.05) is 136 Å². The van der Waals surface area contributed by atoms with Gasteiger partial charge >= 0.3 is 5.97 Å². The minimum Gasteiger partial charge on any atom is -0.480 e. The van der Waals surface area contributed by atoms with Gasteiger partial charge in [0.1, 0.15) is 43.1 Å². The third-order valence-corrected chi connectivity index (χ3v) is 14.7. The quantitative estimate of drug-likeness (QED) is 0.0412. The lowest BCUT2D eigenvalue weighted by atomic mass is 10.0. The van der Waals surface area contributed by atoms with E-state index in [0.717, 1.165) is 71.7 Å². The molecule has 0 aliphatic carbocycles. The summed E-state index contributed by atoms with van der Waals surface area (Å²) in [5.74, 6) is -0.594. The van der Waals surface area contributed by atoms with E-state index < -0.39 is 24.4 Å². The molecule has 17 nitrogen and oxygen atoms in total. The largest absolute Gasteiger partial charge is 0.480 e. The molecule has 4 N–H and O–H groups in total. The minimum atomic E-state index is -1.26. The molecule has 2 aliphatic rings. The van der Waals surface area contributed by atoms with Gasteiger partial charge in [-0.15, -0.1) is 12.4 Å². The van der Waals surface area contributed by atoms with Gasteiger partial charge in [-0.2, -0.15) is 13.5 Å². The van der Waals surface area contributed by atoms with Gasteiger partial charge in [-0.1, -0.05) is 80.2 Å². The summed E-state index contributed by atoms with van der Waals surface area (Å²) >= 11 is 7.33. The predicted octanol–water partition coefficient (Wildman–Crippen LogP) is 10.4. The number of rotatable bonds is 20. The number of unbranched alkanes of at least 4 members (excludes halogenated alkanes) is 2. The zero-order chi connectivity index (χ0) is 61.0. The number of aromatic nitrogens is 6. The topological polar surface area (TPSA) is 223 Å².